The molecule has 1 fully saturated rings. The van der Waals surface area contributed by atoms with Crippen molar-refractivity contribution in [1.82, 2.24) is 10.2 Å². The lowest BCUT2D eigenvalue weighted by Crippen LogP contribution is -2.58. The second-order valence-corrected chi connectivity index (χ2v) is 2.85. The Morgan fingerprint density at radius 2 is 2.64 bits per heavy atom. The number of nitrogens with zero attached hydrogens (tertiary/aromatic N) is 2. The number of carbonyl (C=O) groups is 1. The minimum atomic E-state index is 0.00810. The highest BCUT2D eigenvalue weighted by atomic mass is 16.2. The van der Waals surface area contributed by atoms with Crippen molar-refractivity contribution in [2.24, 2.45) is 4.99 Å². The van der Waals surface area contributed by atoms with Crippen molar-refractivity contribution in [3.8, 4) is 0 Å². The smallest absolute Gasteiger partial charge is 0.239 e. The van der Waals surface area contributed by atoms with E-state index >= 15 is 0 Å². The fraction of sp³-hybridized carbons (Fsp3) is 0.714. The molecule has 4 nitrogen and oxygen atoms in total. The number of rotatable bonds is 0. The third kappa shape index (κ3) is 1.14. The number of carbonyl (C=O) groups excluding carboxylic acids is 1. The van der Waals surface area contributed by atoms with Crippen molar-refractivity contribution in [2.75, 3.05) is 26.2 Å². The van der Waals surface area contributed by atoms with Gasteiger partial charge in [0, 0.05) is 25.8 Å². The van der Waals surface area contributed by atoms with Crippen molar-refractivity contribution in [2.45, 2.75) is 6.04 Å². The van der Waals surface area contributed by atoms with E-state index in [1.54, 1.807) is 0 Å². The highest BCUT2D eigenvalue weighted by Gasteiger charge is 2.29. The minimum Gasteiger partial charge on any atom is -0.353 e. The summed E-state index contributed by atoms with van der Waals surface area (Å²) in [4.78, 5) is 17.4. The normalized spacial score (nSPS) is 31.3. The number of aliphatic imine (C=N–C) groups is 1. The van der Waals surface area contributed by atoms with Crippen molar-refractivity contribution in [3.63, 3.8) is 0 Å². The monoisotopic (exact) mass is 153 g/mol. The van der Waals surface area contributed by atoms with Crippen LogP contribution in [0, 0.1) is 0 Å². The molecule has 1 unspecified atom stereocenters. The molecule has 60 valence electrons. The highest BCUT2D eigenvalue weighted by Crippen LogP contribution is 2.06. The summed E-state index contributed by atoms with van der Waals surface area (Å²) in [5, 5.41) is 2.83. The average Bonchev–Trinajstić information content (AvgIpc) is 2.06. The number of fused-ring (bicyclic) bond motifs is 1. The molecule has 0 aromatic heterocycles. The summed E-state index contributed by atoms with van der Waals surface area (Å²) >= 11 is 0. The van der Waals surface area contributed by atoms with Crippen LogP contribution in [-0.4, -0.2) is 49.2 Å². The maximum atomic E-state index is 11.2. The fourth-order valence-electron chi connectivity index (χ4n) is 1.52. The molecule has 0 spiro atoms. The third-order valence-corrected chi connectivity index (χ3v) is 2.17. The quantitative estimate of drug-likeness (QED) is 0.478. The lowest BCUT2D eigenvalue weighted by molar-refractivity contribution is -0.128. The molecular formula is C7H11N3O. The molecule has 1 N–H and O–H groups in total. The van der Waals surface area contributed by atoms with E-state index < -0.39 is 0 Å². The molecule has 2 aliphatic heterocycles. The molecule has 4 heteroatoms. The molecule has 0 aliphatic carbocycles. The summed E-state index contributed by atoms with van der Waals surface area (Å²) < 4.78 is 0. The van der Waals surface area contributed by atoms with E-state index in [1.165, 1.54) is 0 Å². The van der Waals surface area contributed by atoms with Crippen molar-refractivity contribution in [3.05, 3.63) is 0 Å². The van der Waals surface area contributed by atoms with E-state index in [-0.39, 0.29) is 11.9 Å². The van der Waals surface area contributed by atoms with Gasteiger partial charge in [0.15, 0.2) is 0 Å². The first-order valence-corrected chi connectivity index (χ1v) is 3.88. The van der Waals surface area contributed by atoms with E-state index in [0.717, 1.165) is 19.6 Å². The summed E-state index contributed by atoms with van der Waals surface area (Å²) in [5.41, 5.74) is 0. The first kappa shape index (κ1) is 6.79. The number of piperazine rings is 1. The molecule has 2 heterocycles. The summed E-state index contributed by atoms with van der Waals surface area (Å²) in [6.07, 6.45) is 1.88. The lowest BCUT2D eigenvalue weighted by Gasteiger charge is -2.35. The second-order valence-electron chi connectivity index (χ2n) is 2.85. The van der Waals surface area contributed by atoms with Crippen LogP contribution in [0.1, 0.15) is 0 Å². The summed E-state index contributed by atoms with van der Waals surface area (Å²) in [6, 6.07) is 0.00810. The molecule has 1 atom stereocenters. The van der Waals surface area contributed by atoms with Crippen LogP contribution in [-0.2, 0) is 4.79 Å². The third-order valence-electron chi connectivity index (χ3n) is 2.17. The van der Waals surface area contributed by atoms with Gasteiger partial charge in [-0.3, -0.25) is 14.7 Å². The molecule has 1 saturated heterocycles. The summed E-state index contributed by atoms with van der Waals surface area (Å²) in [5.74, 6) is 0.133. The highest BCUT2D eigenvalue weighted by molar-refractivity contribution is 5.84. The Hall–Kier alpha value is -0.900. The Labute approximate surface area is 65.3 Å². The van der Waals surface area contributed by atoms with E-state index in [2.05, 4.69) is 15.2 Å². The Morgan fingerprint density at radius 3 is 3.45 bits per heavy atom. The maximum Gasteiger partial charge on any atom is 0.239 e. The van der Waals surface area contributed by atoms with Crippen LogP contribution in [0.4, 0.5) is 0 Å². The molecule has 2 rings (SSSR count). The Morgan fingerprint density at radius 1 is 1.73 bits per heavy atom. The molecular weight excluding hydrogens is 142 g/mol. The largest absolute Gasteiger partial charge is 0.353 e. The number of amides is 1. The Bertz CT molecular complexity index is 202. The predicted molar refractivity (Wildman–Crippen MR) is 41.7 cm³/mol. The van der Waals surface area contributed by atoms with Crippen LogP contribution < -0.4 is 5.32 Å². The average molecular weight is 153 g/mol. The van der Waals surface area contributed by atoms with Gasteiger partial charge in [-0.2, -0.15) is 0 Å². The number of nitrogens with one attached hydrogen (secondary N) is 1. The van der Waals surface area contributed by atoms with Gasteiger partial charge in [-0.15, -0.1) is 0 Å². The van der Waals surface area contributed by atoms with Crippen LogP contribution in [0.15, 0.2) is 4.99 Å². The van der Waals surface area contributed by atoms with Gasteiger partial charge in [0.05, 0.1) is 6.54 Å². The van der Waals surface area contributed by atoms with Crippen LogP contribution in [0.25, 0.3) is 0 Å². The van der Waals surface area contributed by atoms with Crippen LogP contribution in [0.2, 0.25) is 0 Å². The molecule has 0 radical (unpaired) electrons. The SMILES string of the molecule is O=C1NCCN2CC=NCC12. The van der Waals surface area contributed by atoms with Crippen LogP contribution in [0.5, 0.6) is 0 Å². The predicted octanol–water partition coefficient (Wildman–Crippen LogP) is -1.13. The molecule has 0 aromatic rings. The van der Waals surface area contributed by atoms with Crippen molar-refractivity contribution in [1.29, 1.82) is 0 Å². The van der Waals surface area contributed by atoms with Gasteiger partial charge in [-0.1, -0.05) is 0 Å². The van der Waals surface area contributed by atoms with E-state index in [0.29, 0.717) is 6.54 Å². The lowest BCUT2D eigenvalue weighted by atomic mass is 10.1. The zero-order valence-electron chi connectivity index (χ0n) is 6.29. The Kier molecular flexibility index (Phi) is 1.62. The molecule has 1 amide bonds. The summed E-state index contributed by atoms with van der Waals surface area (Å²) in [6.45, 7) is 3.20. The van der Waals surface area contributed by atoms with Crippen molar-refractivity contribution < 1.29 is 4.79 Å². The van der Waals surface area contributed by atoms with Gasteiger partial charge in [-0.05, 0) is 0 Å². The minimum absolute atomic E-state index is 0.00810. The first-order valence-electron chi connectivity index (χ1n) is 3.88. The van der Waals surface area contributed by atoms with Gasteiger partial charge >= 0.3 is 0 Å². The molecule has 2 aliphatic rings. The maximum absolute atomic E-state index is 11.2. The van der Waals surface area contributed by atoms with Gasteiger partial charge < -0.3 is 5.32 Å². The van der Waals surface area contributed by atoms with Crippen LogP contribution >= 0.6 is 0 Å². The van der Waals surface area contributed by atoms with Gasteiger partial charge in [0.25, 0.3) is 0 Å². The molecule has 0 aromatic carbocycles. The summed E-state index contributed by atoms with van der Waals surface area (Å²) in [7, 11) is 0. The Balaban J connectivity index is 2.13. The van der Waals surface area contributed by atoms with E-state index in [1.807, 2.05) is 6.21 Å². The zero-order valence-corrected chi connectivity index (χ0v) is 6.29. The number of hydrogen-bond donors (Lipinski definition) is 1. The first-order chi connectivity index (χ1) is 5.38. The fourth-order valence-corrected chi connectivity index (χ4v) is 1.52. The van der Waals surface area contributed by atoms with Gasteiger partial charge in [0.1, 0.15) is 6.04 Å². The molecule has 0 bridgehead atoms. The van der Waals surface area contributed by atoms with Crippen LogP contribution in [0.3, 0.4) is 0 Å². The van der Waals surface area contributed by atoms with E-state index in [4.69, 9.17) is 0 Å². The van der Waals surface area contributed by atoms with Crippen molar-refractivity contribution >= 4 is 12.1 Å². The second kappa shape index (κ2) is 2.62. The topological polar surface area (TPSA) is 44.7 Å². The zero-order chi connectivity index (χ0) is 7.68. The van der Waals surface area contributed by atoms with E-state index in [9.17, 15) is 4.79 Å². The van der Waals surface area contributed by atoms with Gasteiger partial charge in [0.2, 0.25) is 5.91 Å². The standard InChI is InChI=1S/C7H11N3O/c11-7-6-5-8-1-3-10(6)4-2-9-7/h1,6H,2-5H2,(H,9,11). The number of hydrogen-bond acceptors (Lipinski definition) is 3. The van der Waals surface area contributed by atoms with Gasteiger partial charge in [-0.25, -0.2) is 0 Å². The molecule has 0 saturated carbocycles. The molecule has 11 heavy (non-hydrogen) atoms.